The molecule has 2 aromatic rings. The van der Waals surface area contributed by atoms with Crippen molar-refractivity contribution < 1.29 is 14.7 Å². The Bertz CT molecular complexity index is 1320. The normalized spacial score (nSPS) is 17.9. The number of carbonyl (C=O) groups excluding carboxylic acids is 2. The van der Waals surface area contributed by atoms with Crippen LogP contribution in [0.2, 0.25) is 0 Å². The molecule has 2 amide bonds. The number of pyridine rings is 1. The molecule has 0 bridgehead atoms. The van der Waals surface area contributed by atoms with Gasteiger partial charge in [-0.05, 0) is 64.4 Å². The molecule has 0 saturated carbocycles. The number of likely N-dealkylation sites (tertiary alicyclic amines) is 1. The predicted molar refractivity (Wildman–Crippen MR) is 143 cm³/mol. The minimum absolute atomic E-state index is 0.00810. The van der Waals surface area contributed by atoms with Crippen molar-refractivity contribution in [1.82, 2.24) is 25.0 Å². The number of aromatic nitrogens is 3. The lowest BCUT2D eigenvalue weighted by atomic mass is 10.0. The average Bonchev–Trinajstić information content (AvgIpc) is 3.48. The van der Waals surface area contributed by atoms with Gasteiger partial charge in [0.25, 0.3) is 5.91 Å². The van der Waals surface area contributed by atoms with E-state index in [1.807, 2.05) is 6.07 Å². The van der Waals surface area contributed by atoms with Crippen molar-refractivity contribution in [3.05, 3.63) is 65.7 Å². The Morgan fingerprint density at radius 1 is 1.29 bits per heavy atom. The van der Waals surface area contributed by atoms with Crippen LogP contribution in [0.4, 0.5) is 11.4 Å². The van der Waals surface area contributed by atoms with Crippen LogP contribution in [-0.2, 0) is 16.1 Å². The van der Waals surface area contributed by atoms with Crippen molar-refractivity contribution >= 4 is 28.8 Å². The summed E-state index contributed by atoms with van der Waals surface area (Å²) in [5.41, 5.74) is 10.7. The number of allylic oxidation sites excluding steroid dienone is 3. The van der Waals surface area contributed by atoms with Gasteiger partial charge in [0.15, 0.2) is 5.70 Å². The molecule has 1 saturated heterocycles. The first-order chi connectivity index (χ1) is 18.2. The summed E-state index contributed by atoms with van der Waals surface area (Å²) in [4.78, 5) is 32.1. The van der Waals surface area contributed by atoms with E-state index in [4.69, 9.17) is 10.6 Å². The second kappa shape index (κ2) is 11.5. The molecule has 4 heterocycles. The zero-order valence-corrected chi connectivity index (χ0v) is 21.8. The third kappa shape index (κ3) is 6.21. The highest BCUT2D eigenvalue weighted by Crippen LogP contribution is 2.28. The minimum atomic E-state index is -0.594. The molecule has 0 unspecified atom stereocenters. The lowest BCUT2D eigenvalue weighted by molar-refractivity contribution is -0.118. The fourth-order valence-corrected chi connectivity index (χ4v) is 4.45. The van der Waals surface area contributed by atoms with Gasteiger partial charge in [0.2, 0.25) is 5.91 Å². The number of carbonyl (C=O) groups is 2. The molecule has 0 radical (unpaired) electrons. The third-order valence-corrected chi connectivity index (χ3v) is 6.69. The quantitative estimate of drug-likeness (QED) is 0.251. The molecule has 0 atom stereocenters. The highest BCUT2D eigenvalue weighted by atomic mass is 16.3. The Balaban J connectivity index is 1.42. The Labute approximate surface area is 221 Å². The van der Waals surface area contributed by atoms with Crippen molar-refractivity contribution in [3.63, 3.8) is 0 Å². The summed E-state index contributed by atoms with van der Waals surface area (Å²) < 4.78 is 1.63. The topological polar surface area (TPSA) is 161 Å². The molecule has 1 fully saturated rings. The van der Waals surface area contributed by atoms with Crippen molar-refractivity contribution in [3.8, 4) is 0 Å². The number of aliphatic hydroxyl groups excluding tert-OH is 1. The monoisotopic (exact) mass is 519 g/mol. The molecule has 12 nitrogen and oxygen atoms in total. The molecule has 38 heavy (non-hydrogen) atoms. The SMILES string of the molecule is Cc1ncc(NC(=O)CN2CCCC2(C)C)cc1NC(=O)/C(N=N)=C1\C=CC(c2ccn(CCO)n2)=CN1. The predicted octanol–water partition coefficient (Wildman–Crippen LogP) is 2.77. The Hall–Kier alpha value is -4.16. The molecule has 2 aliphatic heterocycles. The van der Waals surface area contributed by atoms with Crippen LogP contribution in [-0.4, -0.2) is 61.8 Å². The molecule has 0 aromatic carbocycles. The van der Waals surface area contributed by atoms with Gasteiger partial charge in [-0.15, -0.1) is 0 Å². The van der Waals surface area contributed by atoms with E-state index in [2.05, 4.69) is 49.9 Å². The summed E-state index contributed by atoms with van der Waals surface area (Å²) in [7, 11) is 0. The zero-order chi connectivity index (χ0) is 27.3. The zero-order valence-electron chi connectivity index (χ0n) is 21.8. The molecular weight excluding hydrogens is 486 g/mol. The largest absolute Gasteiger partial charge is 0.394 e. The van der Waals surface area contributed by atoms with Crippen LogP contribution in [0.1, 0.15) is 38.1 Å². The molecule has 12 heteroatoms. The first-order valence-corrected chi connectivity index (χ1v) is 12.4. The lowest BCUT2D eigenvalue weighted by Crippen LogP contribution is -2.42. The average molecular weight is 520 g/mol. The van der Waals surface area contributed by atoms with Gasteiger partial charge < -0.3 is 21.1 Å². The molecule has 0 aliphatic carbocycles. The van der Waals surface area contributed by atoms with E-state index in [0.29, 0.717) is 35.0 Å². The number of dihydropyridines is 1. The van der Waals surface area contributed by atoms with E-state index >= 15 is 0 Å². The van der Waals surface area contributed by atoms with E-state index in [-0.39, 0.29) is 30.3 Å². The van der Waals surface area contributed by atoms with Gasteiger partial charge in [0.05, 0.1) is 54.4 Å². The maximum atomic E-state index is 13.0. The summed E-state index contributed by atoms with van der Waals surface area (Å²) in [6.07, 6.45) is 10.5. The first-order valence-electron chi connectivity index (χ1n) is 12.4. The number of hydrogen-bond donors (Lipinski definition) is 5. The van der Waals surface area contributed by atoms with E-state index in [9.17, 15) is 9.59 Å². The highest BCUT2D eigenvalue weighted by molar-refractivity contribution is 6.05. The van der Waals surface area contributed by atoms with Gasteiger partial charge in [0.1, 0.15) is 0 Å². The van der Waals surface area contributed by atoms with Crippen molar-refractivity contribution in [2.75, 3.05) is 30.3 Å². The molecule has 0 spiro atoms. The van der Waals surface area contributed by atoms with Gasteiger partial charge in [-0.3, -0.25) is 24.2 Å². The molecule has 5 N–H and O–H groups in total. The van der Waals surface area contributed by atoms with E-state index in [1.165, 1.54) is 0 Å². The maximum Gasteiger partial charge on any atom is 0.278 e. The Morgan fingerprint density at radius 2 is 2.11 bits per heavy atom. The molecular formula is C26H33N9O3. The number of rotatable bonds is 9. The summed E-state index contributed by atoms with van der Waals surface area (Å²) >= 11 is 0. The second-order valence-corrected chi connectivity index (χ2v) is 9.84. The standard InChI is InChI=1S/C26H33N9O3/c1-17-22(13-19(15-28-17)30-23(37)16-34-9-4-8-26(34,2)3)31-25(38)24(32-27)21-6-5-18(14-29-21)20-7-10-35(33-20)11-12-36/h5-7,10,13-15,27,29,36H,4,8-9,11-12,16H2,1-3H3,(H,30,37)(H,31,38)/b24-21-,32-27?. The van der Waals surface area contributed by atoms with Crippen LogP contribution in [0, 0.1) is 12.5 Å². The maximum absolute atomic E-state index is 13.0. The number of anilines is 2. The third-order valence-electron chi connectivity index (χ3n) is 6.69. The van der Waals surface area contributed by atoms with Crippen LogP contribution in [0.15, 0.2) is 59.4 Å². The number of hydrogen-bond acceptors (Lipinski definition) is 9. The fourth-order valence-electron chi connectivity index (χ4n) is 4.45. The van der Waals surface area contributed by atoms with Crippen molar-refractivity contribution in [2.24, 2.45) is 5.11 Å². The smallest absolute Gasteiger partial charge is 0.278 e. The molecule has 2 aromatic heterocycles. The Kier molecular flexibility index (Phi) is 8.13. The summed E-state index contributed by atoms with van der Waals surface area (Å²) in [6, 6.07) is 3.46. The highest BCUT2D eigenvalue weighted by Gasteiger charge is 2.32. The van der Waals surface area contributed by atoms with Crippen LogP contribution in [0.5, 0.6) is 0 Å². The van der Waals surface area contributed by atoms with E-state index in [0.717, 1.165) is 25.0 Å². The molecule has 200 valence electrons. The van der Waals surface area contributed by atoms with Crippen LogP contribution < -0.4 is 16.0 Å². The number of nitrogens with zero attached hydrogens (tertiary/aromatic N) is 5. The van der Waals surface area contributed by atoms with Gasteiger partial charge in [0, 0.05) is 23.5 Å². The first kappa shape index (κ1) is 26.9. The summed E-state index contributed by atoms with van der Waals surface area (Å²) in [5.74, 6) is -0.740. The number of aryl methyl sites for hydroxylation is 1. The van der Waals surface area contributed by atoms with E-state index in [1.54, 1.807) is 48.4 Å². The summed E-state index contributed by atoms with van der Waals surface area (Å²) in [5, 5.41) is 25.5. The van der Waals surface area contributed by atoms with Crippen molar-refractivity contribution in [2.45, 2.75) is 45.7 Å². The van der Waals surface area contributed by atoms with Crippen molar-refractivity contribution in [1.29, 1.82) is 5.53 Å². The minimum Gasteiger partial charge on any atom is -0.394 e. The number of nitrogens with one attached hydrogen (secondary N) is 4. The molecule has 4 rings (SSSR count). The van der Waals surface area contributed by atoms with Gasteiger partial charge in [-0.2, -0.15) is 10.2 Å². The molecule has 2 aliphatic rings. The van der Waals surface area contributed by atoms with Crippen LogP contribution in [0.3, 0.4) is 0 Å². The second-order valence-electron chi connectivity index (χ2n) is 9.84. The fraction of sp³-hybridized carbons (Fsp3) is 0.385. The number of aliphatic hydroxyl groups is 1. The lowest BCUT2D eigenvalue weighted by Gasteiger charge is -2.30. The summed E-state index contributed by atoms with van der Waals surface area (Å²) in [6.45, 7) is 7.57. The van der Waals surface area contributed by atoms with Gasteiger partial charge >= 0.3 is 0 Å². The van der Waals surface area contributed by atoms with Gasteiger partial charge in [-0.25, -0.2) is 5.53 Å². The van der Waals surface area contributed by atoms with E-state index < -0.39 is 5.91 Å². The van der Waals surface area contributed by atoms with Gasteiger partial charge in [-0.1, -0.05) is 0 Å². The number of amides is 2. The Morgan fingerprint density at radius 3 is 2.76 bits per heavy atom. The van der Waals surface area contributed by atoms with Crippen LogP contribution >= 0.6 is 0 Å². The van der Waals surface area contributed by atoms with Crippen LogP contribution in [0.25, 0.3) is 5.57 Å².